The van der Waals surface area contributed by atoms with Crippen molar-refractivity contribution >= 4 is 5.82 Å². The van der Waals surface area contributed by atoms with Gasteiger partial charge in [0.25, 0.3) is 0 Å². The molecule has 1 aromatic rings. The van der Waals surface area contributed by atoms with Crippen molar-refractivity contribution in [3.63, 3.8) is 0 Å². The summed E-state index contributed by atoms with van der Waals surface area (Å²) in [5.74, 6) is 1.47. The SMILES string of the molecule is CCCN1CCC[C@@H]2Cc3nc(N)ccc3C[C@H]21. The fourth-order valence-corrected chi connectivity index (χ4v) is 3.69. The van der Waals surface area contributed by atoms with Gasteiger partial charge in [-0.2, -0.15) is 0 Å². The van der Waals surface area contributed by atoms with E-state index >= 15 is 0 Å². The maximum Gasteiger partial charge on any atom is 0.123 e. The van der Waals surface area contributed by atoms with Gasteiger partial charge in [-0.25, -0.2) is 4.98 Å². The number of aromatic nitrogens is 1. The number of pyridine rings is 1. The molecular formula is C15H23N3. The Morgan fingerprint density at radius 2 is 2.28 bits per heavy atom. The van der Waals surface area contributed by atoms with Gasteiger partial charge >= 0.3 is 0 Å². The van der Waals surface area contributed by atoms with Gasteiger partial charge in [0.15, 0.2) is 0 Å². The molecule has 2 aliphatic rings. The number of piperidine rings is 1. The smallest absolute Gasteiger partial charge is 0.123 e. The molecule has 3 rings (SSSR count). The molecule has 0 bridgehead atoms. The van der Waals surface area contributed by atoms with Crippen LogP contribution < -0.4 is 5.73 Å². The number of rotatable bonds is 2. The lowest BCUT2D eigenvalue weighted by molar-refractivity contribution is 0.0846. The first-order valence-corrected chi connectivity index (χ1v) is 7.26. The average Bonchev–Trinajstić information content (AvgIpc) is 2.37. The van der Waals surface area contributed by atoms with E-state index in [2.05, 4.69) is 22.9 Å². The van der Waals surface area contributed by atoms with Crippen LogP contribution in [0.25, 0.3) is 0 Å². The largest absolute Gasteiger partial charge is 0.384 e. The van der Waals surface area contributed by atoms with E-state index < -0.39 is 0 Å². The number of nitrogens with two attached hydrogens (primary N) is 1. The molecule has 0 spiro atoms. The first kappa shape index (κ1) is 12.0. The molecule has 1 saturated heterocycles. The first-order chi connectivity index (χ1) is 8.78. The van der Waals surface area contributed by atoms with E-state index in [1.807, 2.05) is 6.07 Å². The monoisotopic (exact) mass is 245 g/mol. The van der Waals surface area contributed by atoms with E-state index in [9.17, 15) is 0 Å². The summed E-state index contributed by atoms with van der Waals surface area (Å²) >= 11 is 0. The third-order valence-electron chi connectivity index (χ3n) is 4.52. The quantitative estimate of drug-likeness (QED) is 0.869. The summed E-state index contributed by atoms with van der Waals surface area (Å²) in [5, 5.41) is 0. The van der Waals surface area contributed by atoms with Crippen molar-refractivity contribution < 1.29 is 0 Å². The molecule has 3 nitrogen and oxygen atoms in total. The third-order valence-corrected chi connectivity index (χ3v) is 4.52. The van der Waals surface area contributed by atoms with E-state index in [1.165, 1.54) is 50.0 Å². The highest BCUT2D eigenvalue weighted by Gasteiger charge is 2.35. The van der Waals surface area contributed by atoms with Crippen LogP contribution in [-0.2, 0) is 12.8 Å². The first-order valence-electron chi connectivity index (χ1n) is 7.26. The van der Waals surface area contributed by atoms with Gasteiger partial charge in [-0.05, 0) is 62.7 Å². The predicted molar refractivity (Wildman–Crippen MR) is 74.4 cm³/mol. The minimum atomic E-state index is 0.674. The molecule has 0 amide bonds. The van der Waals surface area contributed by atoms with E-state index in [4.69, 9.17) is 5.73 Å². The molecule has 2 N–H and O–H groups in total. The van der Waals surface area contributed by atoms with Crippen LogP contribution in [0.15, 0.2) is 12.1 Å². The van der Waals surface area contributed by atoms with Crippen LogP contribution in [0.4, 0.5) is 5.82 Å². The second-order valence-corrected chi connectivity index (χ2v) is 5.76. The summed E-state index contributed by atoms with van der Waals surface area (Å²) in [5.41, 5.74) is 8.49. The lowest BCUT2D eigenvalue weighted by Gasteiger charge is -2.44. The maximum absolute atomic E-state index is 5.80. The van der Waals surface area contributed by atoms with Crippen molar-refractivity contribution in [3.8, 4) is 0 Å². The minimum absolute atomic E-state index is 0.674. The average molecular weight is 245 g/mol. The highest BCUT2D eigenvalue weighted by atomic mass is 15.2. The molecule has 0 aromatic carbocycles. The predicted octanol–water partition coefficient (Wildman–Crippen LogP) is 2.25. The molecule has 2 heterocycles. The lowest BCUT2D eigenvalue weighted by Crippen LogP contribution is -2.49. The summed E-state index contributed by atoms with van der Waals surface area (Å²) in [6.07, 6.45) is 6.27. The van der Waals surface area contributed by atoms with E-state index in [1.54, 1.807) is 0 Å². The Labute approximate surface area is 109 Å². The Morgan fingerprint density at radius 1 is 1.39 bits per heavy atom. The number of hydrogen-bond donors (Lipinski definition) is 1. The Hall–Kier alpha value is -1.09. The Balaban J connectivity index is 1.85. The van der Waals surface area contributed by atoms with E-state index in [0.717, 1.165) is 18.4 Å². The second kappa shape index (κ2) is 4.88. The Kier molecular flexibility index (Phi) is 3.25. The van der Waals surface area contributed by atoms with E-state index in [-0.39, 0.29) is 0 Å². The van der Waals surface area contributed by atoms with Crippen LogP contribution in [0.3, 0.4) is 0 Å². The van der Waals surface area contributed by atoms with Gasteiger partial charge in [-0.1, -0.05) is 13.0 Å². The second-order valence-electron chi connectivity index (χ2n) is 5.76. The number of anilines is 1. The number of nitrogens with zero attached hydrogens (tertiary/aromatic N) is 2. The van der Waals surface area contributed by atoms with Gasteiger partial charge in [0.1, 0.15) is 5.82 Å². The van der Waals surface area contributed by atoms with Crippen molar-refractivity contribution in [3.05, 3.63) is 23.4 Å². The van der Waals surface area contributed by atoms with Gasteiger partial charge < -0.3 is 5.73 Å². The van der Waals surface area contributed by atoms with Crippen LogP contribution in [0, 0.1) is 5.92 Å². The molecule has 18 heavy (non-hydrogen) atoms. The Bertz CT molecular complexity index is 428. The summed E-state index contributed by atoms with van der Waals surface area (Å²) < 4.78 is 0. The van der Waals surface area contributed by atoms with Crippen molar-refractivity contribution in [1.82, 2.24) is 9.88 Å². The van der Waals surface area contributed by atoms with Crippen LogP contribution in [0.5, 0.6) is 0 Å². The van der Waals surface area contributed by atoms with Gasteiger partial charge in [-0.3, -0.25) is 4.90 Å². The zero-order valence-corrected chi connectivity index (χ0v) is 11.2. The topological polar surface area (TPSA) is 42.2 Å². The maximum atomic E-state index is 5.80. The summed E-state index contributed by atoms with van der Waals surface area (Å²) in [6, 6.07) is 4.88. The molecule has 1 aliphatic carbocycles. The number of nitrogen functional groups attached to an aromatic ring is 1. The van der Waals surface area contributed by atoms with Gasteiger partial charge in [0, 0.05) is 11.7 Å². The van der Waals surface area contributed by atoms with Gasteiger partial charge in [-0.15, -0.1) is 0 Å². The number of hydrogen-bond acceptors (Lipinski definition) is 3. The third kappa shape index (κ3) is 2.12. The fraction of sp³-hybridized carbons (Fsp3) is 0.667. The highest BCUT2D eigenvalue weighted by molar-refractivity contribution is 5.36. The van der Waals surface area contributed by atoms with Crippen LogP contribution in [0.2, 0.25) is 0 Å². The van der Waals surface area contributed by atoms with Gasteiger partial charge in [0.2, 0.25) is 0 Å². The van der Waals surface area contributed by atoms with E-state index in [0.29, 0.717) is 5.82 Å². The number of fused-ring (bicyclic) bond motifs is 2. The van der Waals surface area contributed by atoms with Crippen molar-refractivity contribution in [2.75, 3.05) is 18.8 Å². The molecule has 1 fully saturated rings. The molecular weight excluding hydrogens is 222 g/mol. The summed E-state index contributed by atoms with van der Waals surface area (Å²) in [7, 11) is 0. The molecule has 3 heteroatoms. The standard InChI is InChI=1S/C15H23N3/c1-2-7-18-8-3-4-12-9-13-11(10-14(12)18)5-6-15(16)17-13/h5-6,12,14H,2-4,7-10H2,1H3,(H2,16,17)/t12-,14-/m1/s1. The molecule has 1 aromatic heterocycles. The summed E-state index contributed by atoms with van der Waals surface area (Å²) in [6.45, 7) is 4.81. The Morgan fingerprint density at radius 3 is 3.11 bits per heavy atom. The molecule has 2 atom stereocenters. The highest BCUT2D eigenvalue weighted by Crippen LogP contribution is 2.34. The van der Waals surface area contributed by atoms with Crippen molar-refractivity contribution in [2.45, 2.75) is 45.1 Å². The fourth-order valence-electron chi connectivity index (χ4n) is 3.69. The van der Waals surface area contributed by atoms with Crippen LogP contribution in [-0.4, -0.2) is 29.0 Å². The summed E-state index contributed by atoms with van der Waals surface area (Å²) in [4.78, 5) is 7.24. The normalized spacial score (nSPS) is 27.6. The van der Waals surface area contributed by atoms with Crippen molar-refractivity contribution in [2.24, 2.45) is 5.92 Å². The van der Waals surface area contributed by atoms with Crippen molar-refractivity contribution in [1.29, 1.82) is 0 Å². The molecule has 0 unspecified atom stereocenters. The van der Waals surface area contributed by atoms with Crippen LogP contribution in [0.1, 0.15) is 37.4 Å². The van der Waals surface area contributed by atoms with Gasteiger partial charge in [0.05, 0.1) is 0 Å². The molecule has 0 saturated carbocycles. The molecule has 1 aliphatic heterocycles. The zero-order valence-electron chi connectivity index (χ0n) is 11.2. The minimum Gasteiger partial charge on any atom is -0.384 e. The van der Waals surface area contributed by atoms with Crippen LogP contribution >= 0.6 is 0 Å². The zero-order chi connectivity index (χ0) is 12.5. The number of likely N-dealkylation sites (tertiary alicyclic amines) is 1. The molecule has 0 radical (unpaired) electrons. The molecule has 98 valence electrons. The lowest BCUT2D eigenvalue weighted by atomic mass is 9.77.